The first-order valence-electron chi connectivity index (χ1n) is 16.6. The molecule has 1 aliphatic rings. The summed E-state index contributed by atoms with van der Waals surface area (Å²) in [7, 11) is 1.65. The number of ether oxygens (including phenoxy) is 3. The van der Waals surface area contributed by atoms with E-state index in [9.17, 15) is 9.59 Å². The van der Waals surface area contributed by atoms with Crippen molar-refractivity contribution in [2.24, 2.45) is 0 Å². The normalized spacial score (nSPS) is 14.6. The van der Waals surface area contributed by atoms with Gasteiger partial charge in [-0.25, -0.2) is 4.79 Å². The first-order chi connectivity index (χ1) is 22.1. The average molecular weight is 697 g/mol. The van der Waals surface area contributed by atoms with Gasteiger partial charge in [-0.15, -0.1) is 0 Å². The molecule has 0 spiro atoms. The van der Waals surface area contributed by atoms with Crippen molar-refractivity contribution >= 4 is 44.3 Å². The van der Waals surface area contributed by atoms with E-state index >= 15 is 0 Å². The number of fused-ring (bicyclic) bond motifs is 1. The third-order valence-electron chi connectivity index (χ3n) is 9.21. The SMILES string of the molecule is CCN(Cc1cc(C(=O)OCCN(CCOC(=O)C(C)c2ccc3cc(OC)ccc3c2)C(C)C)cc(Br)c1N)C1CCCCC1. The fourth-order valence-electron chi connectivity index (χ4n) is 6.22. The van der Waals surface area contributed by atoms with E-state index in [2.05, 4.69) is 46.5 Å². The number of carbonyl (C=O) groups is 2. The lowest BCUT2D eigenvalue weighted by molar-refractivity contribution is -0.145. The van der Waals surface area contributed by atoms with Gasteiger partial charge >= 0.3 is 11.9 Å². The Bertz CT molecular complexity index is 1470. The summed E-state index contributed by atoms with van der Waals surface area (Å²) in [6.45, 7) is 11.4. The number of anilines is 1. The Hall–Kier alpha value is -3.14. The van der Waals surface area contributed by atoms with Crippen LogP contribution in [0.1, 0.15) is 87.2 Å². The smallest absolute Gasteiger partial charge is 0.338 e. The van der Waals surface area contributed by atoms with Crippen LogP contribution in [0.2, 0.25) is 0 Å². The Balaban J connectivity index is 1.27. The molecule has 1 fully saturated rings. The average Bonchev–Trinajstić information content (AvgIpc) is 3.07. The second-order valence-electron chi connectivity index (χ2n) is 12.5. The number of esters is 2. The monoisotopic (exact) mass is 695 g/mol. The van der Waals surface area contributed by atoms with E-state index in [1.54, 1.807) is 13.2 Å². The van der Waals surface area contributed by atoms with Gasteiger partial charge in [0.05, 0.1) is 24.3 Å². The Kier molecular flexibility index (Phi) is 13.3. The second kappa shape index (κ2) is 17.1. The van der Waals surface area contributed by atoms with Crippen molar-refractivity contribution in [1.82, 2.24) is 9.80 Å². The van der Waals surface area contributed by atoms with E-state index in [-0.39, 0.29) is 31.2 Å². The van der Waals surface area contributed by atoms with Crippen molar-refractivity contribution < 1.29 is 23.8 Å². The summed E-state index contributed by atoms with van der Waals surface area (Å²) in [6, 6.07) is 16.2. The molecule has 4 rings (SSSR count). The zero-order valence-electron chi connectivity index (χ0n) is 28.0. The highest BCUT2D eigenvalue weighted by Crippen LogP contribution is 2.30. The number of hydrogen-bond acceptors (Lipinski definition) is 8. The van der Waals surface area contributed by atoms with E-state index in [0.29, 0.717) is 41.4 Å². The second-order valence-corrected chi connectivity index (χ2v) is 13.4. The fourth-order valence-corrected chi connectivity index (χ4v) is 6.72. The van der Waals surface area contributed by atoms with Gasteiger partial charge in [0.1, 0.15) is 19.0 Å². The van der Waals surface area contributed by atoms with E-state index in [4.69, 9.17) is 19.9 Å². The zero-order chi connectivity index (χ0) is 33.2. The topological polar surface area (TPSA) is 94.3 Å². The molecule has 2 N–H and O–H groups in total. The van der Waals surface area contributed by atoms with Gasteiger partial charge in [0.25, 0.3) is 0 Å². The zero-order valence-corrected chi connectivity index (χ0v) is 29.6. The molecule has 46 heavy (non-hydrogen) atoms. The van der Waals surface area contributed by atoms with Crippen LogP contribution in [0.4, 0.5) is 5.69 Å². The first-order valence-corrected chi connectivity index (χ1v) is 17.4. The van der Waals surface area contributed by atoms with Crippen LogP contribution in [0.15, 0.2) is 53.0 Å². The van der Waals surface area contributed by atoms with Gasteiger partial charge in [-0.05, 0) is 102 Å². The molecule has 3 aromatic rings. The first kappa shape index (κ1) is 35.7. The van der Waals surface area contributed by atoms with Crippen LogP contribution >= 0.6 is 15.9 Å². The lowest BCUT2D eigenvalue weighted by Crippen LogP contribution is -2.37. The van der Waals surface area contributed by atoms with Gasteiger partial charge in [-0.2, -0.15) is 0 Å². The van der Waals surface area contributed by atoms with Gasteiger partial charge in [0, 0.05) is 36.2 Å². The molecule has 1 unspecified atom stereocenters. The third kappa shape index (κ3) is 9.46. The predicted octanol–water partition coefficient (Wildman–Crippen LogP) is 7.56. The Morgan fingerprint density at radius 2 is 1.61 bits per heavy atom. The van der Waals surface area contributed by atoms with Crippen LogP contribution in [-0.2, 0) is 20.8 Å². The van der Waals surface area contributed by atoms with Crippen LogP contribution in [0, 0.1) is 0 Å². The largest absolute Gasteiger partial charge is 0.497 e. The highest BCUT2D eigenvalue weighted by molar-refractivity contribution is 9.10. The van der Waals surface area contributed by atoms with Crippen molar-refractivity contribution in [3.63, 3.8) is 0 Å². The van der Waals surface area contributed by atoms with E-state index in [1.807, 2.05) is 49.4 Å². The maximum atomic E-state index is 13.1. The number of halogens is 1. The Labute approximate surface area is 282 Å². The number of rotatable bonds is 15. The molecule has 0 aliphatic heterocycles. The number of nitrogen functional groups attached to an aromatic ring is 1. The summed E-state index contributed by atoms with van der Waals surface area (Å²) >= 11 is 3.56. The van der Waals surface area contributed by atoms with Gasteiger partial charge < -0.3 is 19.9 Å². The van der Waals surface area contributed by atoms with E-state index in [1.165, 1.54) is 32.1 Å². The van der Waals surface area contributed by atoms with Crippen LogP contribution in [0.5, 0.6) is 5.75 Å². The van der Waals surface area contributed by atoms with Gasteiger partial charge in [-0.1, -0.05) is 50.5 Å². The summed E-state index contributed by atoms with van der Waals surface area (Å²) in [5, 5.41) is 2.10. The third-order valence-corrected chi connectivity index (χ3v) is 9.87. The van der Waals surface area contributed by atoms with Crippen molar-refractivity contribution in [2.75, 3.05) is 45.7 Å². The highest BCUT2D eigenvalue weighted by Gasteiger charge is 2.23. The van der Waals surface area contributed by atoms with Gasteiger partial charge in [0.2, 0.25) is 0 Å². The molecule has 0 heterocycles. The number of methoxy groups -OCH3 is 1. The molecule has 1 atom stereocenters. The number of nitrogens with two attached hydrogens (primary N) is 1. The molecule has 1 saturated carbocycles. The molecule has 3 aromatic carbocycles. The molecule has 9 heteroatoms. The van der Waals surface area contributed by atoms with Crippen LogP contribution < -0.4 is 10.5 Å². The molecule has 0 radical (unpaired) electrons. The van der Waals surface area contributed by atoms with Gasteiger partial charge in [-0.3, -0.25) is 14.6 Å². The van der Waals surface area contributed by atoms with E-state index in [0.717, 1.165) is 34.2 Å². The number of carbonyl (C=O) groups excluding carboxylic acids is 2. The minimum absolute atomic E-state index is 0.185. The summed E-state index contributed by atoms with van der Waals surface area (Å²) in [6.07, 6.45) is 6.27. The summed E-state index contributed by atoms with van der Waals surface area (Å²) < 4.78 is 17.4. The number of hydrogen-bond donors (Lipinski definition) is 1. The molecule has 8 nitrogen and oxygen atoms in total. The van der Waals surface area contributed by atoms with Crippen LogP contribution in [0.3, 0.4) is 0 Å². The number of nitrogens with zero attached hydrogens (tertiary/aromatic N) is 2. The van der Waals surface area contributed by atoms with Crippen LogP contribution in [-0.4, -0.2) is 73.8 Å². The van der Waals surface area contributed by atoms with Crippen molar-refractivity contribution in [1.29, 1.82) is 0 Å². The van der Waals surface area contributed by atoms with Crippen molar-refractivity contribution in [3.05, 3.63) is 69.7 Å². The summed E-state index contributed by atoms with van der Waals surface area (Å²) in [5.74, 6) is -0.234. The maximum absolute atomic E-state index is 13.1. The lowest BCUT2D eigenvalue weighted by atomic mass is 9.93. The molecule has 0 amide bonds. The molecule has 1 aliphatic carbocycles. The quantitative estimate of drug-likeness (QED) is 0.129. The molecule has 250 valence electrons. The fraction of sp³-hybridized carbons (Fsp3) is 0.514. The number of benzene rings is 3. The molecule has 0 saturated heterocycles. The molecular formula is C37H50BrN3O5. The predicted molar refractivity (Wildman–Crippen MR) is 188 cm³/mol. The molecular weight excluding hydrogens is 646 g/mol. The Morgan fingerprint density at radius 3 is 2.28 bits per heavy atom. The lowest BCUT2D eigenvalue weighted by Gasteiger charge is -2.34. The van der Waals surface area contributed by atoms with Crippen molar-refractivity contribution in [3.8, 4) is 5.75 Å². The summed E-state index contributed by atoms with van der Waals surface area (Å²) in [4.78, 5) is 30.6. The minimum atomic E-state index is -0.392. The van der Waals surface area contributed by atoms with Crippen molar-refractivity contribution in [2.45, 2.75) is 84.3 Å². The standard InChI is InChI=1S/C37H50BrN3O5/c1-6-40(32-10-8-7-9-11-32)24-31-21-30(23-34(38)35(31)39)37(43)46-19-17-41(25(2)3)16-18-45-36(42)26(4)27-12-13-29-22-33(44-5)15-14-28(29)20-27/h12-15,20-23,25-26,32H,6-11,16-19,24,39H2,1-5H3. The molecule has 0 bridgehead atoms. The maximum Gasteiger partial charge on any atom is 0.338 e. The summed E-state index contributed by atoms with van der Waals surface area (Å²) in [5.41, 5.74) is 9.44. The van der Waals surface area contributed by atoms with E-state index < -0.39 is 5.92 Å². The van der Waals surface area contributed by atoms with Crippen LogP contribution in [0.25, 0.3) is 10.8 Å². The molecule has 0 aromatic heterocycles. The Morgan fingerprint density at radius 1 is 0.935 bits per heavy atom. The highest BCUT2D eigenvalue weighted by atomic mass is 79.9. The minimum Gasteiger partial charge on any atom is -0.497 e. The van der Waals surface area contributed by atoms with Gasteiger partial charge in [0.15, 0.2) is 0 Å².